The number of carboxylic acid groups (broad SMARTS) is 1. The van der Waals surface area contributed by atoms with E-state index in [4.69, 9.17) is 23.2 Å². The maximum absolute atomic E-state index is 12.5. The summed E-state index contributed by atoms with van der Waals surface area (Å²) < 4.78 is 4.34. The Labute approximate surface area is 184 Å². The molecule has 3 atom stereocenters. The molecule has 2 aliphatic rings. The number of halogens is 2. The molecule has 2 fully saturated rings. The fraction of sp³-hybridized carbons (Fsp3) is 0.500. The predicted octanol–water partition coefficient (Wildman–Crippen LogP) is -0.437. The van der Waals surface area contributed by atoms with Crippen LogP contribution in [-0.4, -0.2) is 88.6 Å². The molecule has 2 aliphatic heterocycles. The summed E-state index contributed by atoms with van der Waals surface area (Å²) >= 11 is 12.2. The standard InChI is InChI=1S/C16H17Cl2N3O8S/c1-28-9(23)5-29-20-10(8(22)4-18)12(24)19-11-13(25)21-6-16(2-3-17,15(26)27)7-30-14(11)21/h2-3,11,14H,4-7H2,1H3,(H,19,24)(H,26,27)/t11?,14-,16?/m1/s1. The van der Waals surface area contributed by atoms with E-state index in [0.29, 0.717) is 0 Å². The Balaban J connectivity index is 2.07. The van der Waals surface area contributed by atoms with Crippen LogP contribution in [0.2, 0.25) is 0 Å². The molecular weight excluding hydrogens is 465 g/mol. The molecule has 0 radical (unpaired) electrons. The van der Waals surface area contributed by atoms with Crippen molar-refractivity contribution in [2.24, 2.45) is 10.6 Å². The van der Waals surface area contributed by atoms with Crippen LogP contribution in [-0.2, 0) is 33.5 Å². The first-order valence-corrected chi connectivity index (χ1v) is 10.3. The molecule has 2 rings (SSSR count). The number of esters is 1. The smallest absolute Gasteiger partial charge is 0.346 e. The van der Waals surface area contributed by atoms with Crippen molar-refractivity contribution in [2.45, 2.75) is 11.4 Å². The summed E-state index contributed by atoms with van der Waals surface area (Å²) in [5.41, 5.74) is -0.963. The number of hydrogen-bond acceptors (Lipinski definition) is 9. The molecule has 11 nitrogen and oxygen atoms in total. The zero-order valence-corrected chi connectivity index (χ0v) is 17.8. The third-order valence-electron chi connectivity index (χ3n) is 4.37. The summed E-state index contributed by atoms with van der Waals surface area (Å²) in [6.45, 7) is -0.749. The van der Waals surface area contributed by atoms with E-state index in [2.05, 4.69) is 20.0 Å². The van der Waals surface area contributed by atoms with Gasteiger partial charge in [-0.2, -0.15) is 0 Å². The van der Waals surface area contributed by atoms with Crippen molar-refractivity contribution in [3.8, 4) is 0 Å². The van der Waals surface area contributed by atoms with Crippen LogP contribution in [0.4, 0.5) is 0 Å². The third-order valence-corrected chi connectivity index (χ3v) is 6.29. The number of Topliss-reactive ketones (excluding diaryl/α,β-unsaturated/α-hetero) is 1. The van der Waals surface area contributed by atoms with E-state index in [1.54, 1.807) is 0 Å². The largest absolute Gasteiger partial charge is 0.481 e. The number of nitrogens with zero attached hydrogens (tertiary/aromatic N) is 2. The van der Waals surface area contributed by atoms with Gasteiger partial charge in [-0.3, -0.25) is 19.2 Å². The quantitative estimate of drug-likeness (QED) is 0.111. The van der Waals surface area contributed by atoms with Crippen LogP contribution in [0.5, 0.6) is 0 Å². The average molecular weight is 482 g/mol. The second kappa shape index (κ2) is 10.1. The lowest BCUT2D eigenvalue weighted by Crippen LogP contribution is -2.74. The molecule has 14 heteroatoms. The molecule has 2 N–H and O–H groups in total. The number of hydrogen-bond donors (Lipinski definition) is 2. The van der Waals surface area contributed by atoms with Crippen LogP contribution >= 0.6 is 35.0 Å². The van der Waals surface area contributed by atoms with Crippen LogP contribution in [0.1, 0.15) is 0 Å². The van der Waals surface area contributed by atoms with E-state index in [1.165, 1.54) is 11.0 Å². The van der Waals surface area contributed by atoms with Crippen LogP contribution in [0.3, 0.4) is 0 Å². The van der Waals surface area contributed by atoms with Crippen molar-refractivity contribution in [3.05, 3.63) is 11.6 Å². The lowest BCUT2D eigenvalue weighted by atomic mass is 9.87. The maximum atomic E-state index is 12.5. The van der Waals surface area contributed by atoms with Gasteiger partial charge in [0.1, 0.15) is 16.8 Å². The minimum atomic E-state index is -1.34. The molecule has 2 heterocycles. The maximum Gasteiger partial charge on any atom is 0.346 e. The van der Waals surface area contributed by atoms with Crippen LogP contribution < -0.4 is 5.32 Å². The number of ketones is 1. The number of carboxylic acids is 1. The molecular formula is C16H17Cl2N3O8S. The molecule has 30 heavy (non-hydrogen) atoms. The molecule has 2 saturated heterocycles. The summed E-state index contributed by atoms with van der Waals surface area (Å²) in [7, 11) is 1.12. The lowest BCUT2D eigenvalue weighted by molar-refractivity contribution is -0.156. The van der Waals surface area contributed by atoms with Gasteiger partial charge in [0.15, 0.2) is 0 Å². The highest BCUT2D eigenvalue weighted by molar-refractivity contribution is 8.00. The number of carbonyl (C=O) groups is 5. The van der Waals surface area contributed by atoms with Crippen molar-refractivity contribution in [1.29, 1.82) is 0 Å². The van der Waals surface area contributed by atoms with Crippen molar-refractivity contribution in [1.82, 2.24) is 10.2 Å². The zero-order chi connectivity index (χ0) is 22.5. The van der Waals surface area contributed by atoms with Gasteiger partial charge in [-0.1, -0.05) is 22.8 Å². The first kappa shape index (κ1) is 24.0. The monoisotopic (exact) mass is 481 g/mol. The van der Waals surface area contributed by atoms with E-state index in [0.717, 1.165) is 24.4 Å². The Morgan fingerprint density at radius 3 is 2.70 bits per heavy atom. The van der Waals surface area contributed by atoms with Crippen molar-refractivity contribution >= 4 is 70.2 Å². The van der Waals surface area contributed by atoms with Gasteiger partial charge in [-0.25, -0.2) is 4.79 Å². The molecule has 0 aromatic rings. The third kappa shape index (κ3) is 4.87. The van der Waals surface area contributed by atoms with Gasteiger partial charge in [-0.05, 0) is 0 Å². The first-order chi connectivity index (χ1) is 14.2. The molecule has 0 spiro atoms. The lowest BCUT2D eigenvalue weighted by Gasteiger charge is -2.53. The Morgan fingerprint density at radius 2 is 2.13 bits per heavy atom. The number of methoxy groups -OCH3 is 1. The topological polar surface area (TPSA) is 152 Å². The number of amides is 2. The van der Waals surface area contributed by atoms with E-state index >= 15 is 0 Å². The van der Waals surface area contributed by atoms with E-state index < -0.39 is 64.6 Å². The van der Waals surface area contributed by atoms with E-state index in [-0.39, 0.29) is 12.3 Å². The molecule has 2 unspecified atom stereocenters. The molecule has 0 aromatic carbocycles. The van der Waals surface area contributed by atoms with Gasteiger partial charge in [0.05, 0.1) is 13.0 Å². The van der Waals surface area contributed by atoms with Gasteiger partial charge in [0.2, 0.25) is 24.0 Å². The Hall–Kier alpha value is -2.31. The zero-order valence-electron chi connectivity index (χ0n) is 15.5. The predicted molar refractivity (Wildman–Crippen MR) is 106 cm³/mol. The SMILES string of the molecule is COC(=O)CON=C(C(=O)CCl)C(=O)NC1C(=O)N2CC(C=CCl)(C(=O)O)CS[C@H]12. The van der Waals surface area contributed by atoms with Gasteiger partial charge in [-0.15, -0.1) is 23.4 Å². The summed E-state index contributed by atoms with van der Waals surface area (Å²) in [6, 6.07) is -0.997. The average Bonchev–Trinajstić information content (AvgIpc) is 2.74. The Morgan fingerprint density at radius 1 is 1.43 bits per heavy atom. The van der Waals surface area contributed by atoms with Crippen molar-refractivity contribution in [3.63, 3.8) is 0 Å². The number of carbonyl (C=O) groups excluding carboxylic acids is 4. The minimum absolute atomic E-state index is 0.113. The number of ether oxygens (including phenoxy) is 1. The Kier molecular flexibility index (Phi) is 8.10. The molecule has 0 aliphatic carbocycles. The molecule has 0 aromatic heterocycles. The van der Waals surface area contributed by atoms with Crippen LogP contribution in [0, 0.1) is 5.41 Å². The minimum Gasteiger partial charge on any atom is -0.481 e. The van der Waals surface area contributed by atoms with Crippen LogP contribution in [0.15, 0.2) is 16.8 Å². The second-order valence-corrected chi connectivity index (χ2v) is 7.84. The highest BCUT2D eigenvalue weighted by Crippen LogP contribution is 2.43. The van der Waals surface area contributed by atoms with Crippen molar-refractivity contribution < 1.29 is 38.7 Å². The number of thioether (sulfide) groups is 1. The van der Waals surface area contributed by atoms with Gasteiger partial charge in [0, 0.05) is 17.8 Å². The summed E-state index contributed by atoms with van der Waals surface area (Å²) in [6.07, 6.45) is 1.31. The van der Waals surface area contributed by atoms with Gasteiger partial charge >= 0.3 is 11.9 Å². The van der Waals surface area contributed by atoms with Crippen LogP contribution in [0.25, 0.3) is 0 Å². The van der Waals surface area contributed by atoms with Crippen molar-refractivity contribution in [2.75, 3.05) is 31.9 Å². The summed E-state index contributed by atoms with van der Waals surface area (Å²) in [5, 5.41) is 14.7. The summed E-state index contributed by atoms with van der Waals surface area (Å²) in [5.74, 6) is -4.79. The highest BCUT2D eigenvalue weighted by Gasteiger charge is 2.57. The highest BCUT2D eigenvalue weighted by atomic mass is 35.5. The van der Waals surface area contributed by atoms with E-state index in [1.807, 2.05) is 0 Å². The number of fused-ring (bicyclic) bond motifs is 1. The fourth-order valence-electron chi connectivity index (χ4n) is 2.72. The normalized spacial score (nSPS) is 25.9. The van der Waals surface area contributed by atoms with Gasteiger partial charge < -0.3 is 24.9 Å². The molecule has 0 bridgehead atoms. The number of rotatable bonds is 9. The number of nitrogens with one attached hydrogen (secondary N) is 1. The molecule has 2 amide bonds. The summed E-state index contributed by atoms with van der Waals surface area (Å²) in [4.78, 5) is 65.4. The van der Waals surface area contributed by atoms with E-state index in [9.17, 15) is 29.1 Å². The number of β-lactam (4-membered cyclic amide) rings is 1. The second-order valence-electron chi connectivity index (χ2n) is 6.22. The molecule has 164 valence electrons. The number of oxime groups is 1. The van der Waals surface area contributed by atoms with Gasteiger partial charge in [0.25, 0.3) is 5.91 Å². The number of aliphatic carboxylic acids is 1. The first-order valence-electron chi connectivity index (χ1n) is 8.31. The fourth-order valence-corrected chi connectivity index (χ4v) is 4.60. The Bertz CT molecular complexity index is 820. The number of alkyl halides is 1. The molecule has 0 saturated carbocycles.